The van der Waals surface area contributed by atoms with Gasteiger partial charge in [0.2, 0.25) is 0 Å². The summed E-state index contributed by atoms with van der Waals surface area (Å²) in [5, 5.41) is 6.34. The fourth-order valence-corrected chi connectivity index (χ4v) is 2.41. The van der Waals surface area contributed by atoms with Gasteiger partial charge in [0, 0.05) is 25.7 Å². The summed E-state index contributed by atoms with van der Waals surface area (Å²) in [6.07, 6.45) is 0. The van der Waals surface area contributed by atoms with Gasteiger partial charge in [-0.15, -0.1) is 0 Å². The topological polar surface area (TPSA) is 54.9 Å². The van der Waals surface area contributed by atoms with E-state index in [2.05, 4.69) is 20.4 Å². The van der Waals surface area contributed by atoms with Crippen molar-refractivity contribution in [3.05, 3.63) is 59.2 Å². The van der Waals surface area contributed by atoms with Crippen LogP contribution in [-0.4, -0.2) is 26.7 Å². The molecule has 2 aromatic carbocycles. The molecule has 0 saturated heterocycles. The Balaban J connectivity index is 1.92. The van der Waals surface area contributed by atoms with Crippen LogP contribution in [0.2, 0.25) is 0 Å². The third-order valence-corrected chi connectivity index (χ3v) is 3.70. The molecule has 0 amide bonds. The number of nitrogens with zero attached hydrogens (tertiary/aromatic N) is 1. The minimum Gasteiger partial charge on any atom is -0.496 e. The summed E-state index contributed by atoms with van der Waals surface area (Å²) in [4.78, 5) is 4.16. The fraction of sp³-hybridized carbons (Fsp3) is 0.316. The molecule has 140 valence electrons. The van der Waals surface area contributed by atoms with E-state index < -0.39 is 6.61 Å². The van der Waals surface area contributed by atoms with Crippen molar-refractivity contribution in [2.24, 2.45) is 4.99 Å². The average Bonchev–Trinajstić information content (AvgIpc) is 2.62. The Kier molecular flexibility index (Phi) is 7.20. The molecule has 0 aliphatic heterocycles. The third-order valence-electron chi connectivity index (χ3n) is 3.70. The molecule has 2 aromatic rings. The summed E-state index contributed by atoms with van der Waals surface area (Å²) >= 11 is 0. The van der Waals surface area contributed by atoms with Gasteiger partial charge in [-0.3, -0.25) is 4.99 Å². The van der Waals surface area contributed by atoms with Crippen molar-refractivity contribution in [3.63, 3.8) is 0 Å². The molecule has 0 saturated carbocycles. The highest BCUT2D eigenvalue weighted by Gasteiger charge is 2.07. The van der Waals surface area contributed by atoms with Crippen molar-refractivity contribution >= 4 is 5.96 Å². The number of methoxy groups -OCH3 is 1. The van der Waals surface area contributed by atoms with E-state index in [9.17, 15) is 8.78 Å². The molecule has 2 rings (SSSR count). The molecule has 7 heteroatoms. The number of guanidine groups is 1. The number of hydrogen-bond acceptors (Lipinski definition) is 3. The first-order valence-corrected chi connectivity index (χ1v) is 8.13. The van der Waals surface area contributed by atoms with Crippen LogP contribution in [0.15, 0.2) is 47.5 Å². The van der Waals surface area contributed by atoms with Crippen LogP contribution in [0.3, 0.4) is 0 Å². The van der Waals surface area contributed by atoms with Crippen molar-refractivity contribution in [3.8, 4) is 11.5 Å². The Morgan fingerprint density at radius 1 is 1.12 bits per heavy atom. The summed E-state index contributed by atoms with van der Waals surface area (Å²) < 4.78 is 34.4. The highest BCUT2D eigenvalue weighted by atomic mass is 19.3. The largest absolute Gasteiger partial charge is 0.496 e. The number of aryl methyl sites for hydroxylation is 1. The van der Waals surface area contributed by atoms with Crippen molar-refractivity contribution < 1.29 is 18.3 Å². The lowest BCUT2D eigenvalue weighted by Crippen LogP contribution is -2.36. The van der Waals surface area contributed by atoms with Gasteiger partial charge >= 0.3 is 6.61 Å². The Bertz CT molecular complexity index is 751. The second kappa shape index (κ2) is 9.60. The van der Waals surface area contributed by atoms with Crippen LogP contribution < -0.4 is 20.1 Å². The van der Waals surface area contributed by atoms with Gasteiger partial charge in [-0.1, -0.05) is 24.3 Å². The van der Waals surface area contributed by atoms with Gasteiger partial charge in [0.15, 0.2) is 5.96 Å². The predicted molar refractivity (Wildman–Crippen MR) is 97.8 cm³/mol. The van der Waals surface area contributed by atoms with Crippen LogP contribution in [0.5, 0.6) is 11.5 Å². The molecule has 0 radical (unpaired) electrons. The summed E-state index contributed by atoms with van der Waals surface area (Å²) in [6, 6.07) is 12.5. The highest BCUT2D eigenvalue weighted by Crippen LogP contribution is 2.19. The first-order chi connectivity index (χ1) is 12.5. The van der Waals surface area contributed by atoms with Gasteiger partial charge in [-0.2, -0.15) is 8.78 Å². The first-order valence-electron chi connectivity index (χ1n) is 8.13. The zero-order valence-electron chi connectivity index (χ0n) is 15.1. The summed E-state index contributed by atoms with van der Waals surface area (Å²) in [5.74, 6) is 1.53. The molecule has 0 unspecified atom stereocenters. The first kappa shape index (κ1) is 19.5. The molecule has 0 heterocycles. The molecule has 0 atom stereocenters. The molecule has 2 N–H and O–H groups in total. The van der Waals surface area contributed by atoms with E-state index in [-0.39, 0.29) is 5.75 Å². The van der Waals surface area contributed by atoms with Gasteiger partial charge in [0.05, 0.1) is 7.11 Å². The van der Waals surface area contributed by atoms with E-state index in [1.54, 1.807) is 26.3 Å². The molecular formula is C19H23F2N3O2. The van der Waals surface area contributed by atoms with Crippen molar-refractivity contribution in [2.45, 2.75) is 26.6 Å². The SMILES string of the molecule is CN=C(NCc1cccc(OC(F)F)c1)NCc1ccc(C)cc1OC. The number of benzene rings is 2. The molecular weight excluding hydrogens is 340 g/mol. The third kappa shape index (κ3) is 5.91. The van der Waals surface area contributed by atoms with E-state index in [1.165, 1.54) is 6.07 Å². The van der Waals surface area contributed by atoms with Crippen molar-refractivity contribution in [2.75, 3.05) is 14.2 Å². The Morgan fingerprint density at radius 2 is 1.88 bits per heavy atom. The molecule has 0 aromatic heterocycles. The minimum absolute atomic E-state index is 0.131. The summed E-state index contributed by atoms with van der Waals surface area (Å²) in [5.41, 5.74) is 2.94. The molecule has 0 aliphatic rings. The highest BCUT2D eigenvalue weighted by molar-refractivity contribution is 5.79. The summed E-state index contributed by atoms with van der Waals surface area (Å²) in [7, 11) is 3.30. The second-order valence-corrected chi connectivity index (χ2v) is 5.62. The molecule has 0 spiro atoms. The normalized spacial score (nSPS) is 11.4. The zero-order valence-corrected chi connectivity index (χ0v) is 15.1. The van der Waals surface area contributed by atoms with Gasteiger partial charge in [0.25, 0.3) is 0 Å². The van der Waals surface area contributed by atoms with Crippen molar-refractivity contribution in [1.82, 2.24) is 10.6 Å². The van der Waals surface area contributed by atoms with Crippen LogP contribution in [0, 0.1) is 6.92 Å². The quantitative estimate of drug-likeness (QED) is 0.584. The number of halogens is 2. The van der Waals surface area contributed by atoms with E-state index >= 15 is 0 Å². The second-order valence-electron chi connectivity index (χ2n) is 5.62. The monoisotopic (exact) mass is 363 g/mol. The van der Waals surface area contributed by atoms with Crippen LogP contribution in [0.1, 0.15) is 16.7 Å². The van der Waals surface area contributed by atoms with E-state index in [0.29, 0.717) is 19.0 Å². The molecule has 0 aliphatic carbocycles. The number of alkyl halides is 2. The number of hydrogen-bond donors (Lipinski definition) is 2. The lowest BCUT2D eigenvalue weighted by atomic mass is 10.1. The number of aliphatic imine (C=N–C) groups is 1. The maximum Gasteiger partial charge on any atom is 0.387 e. The number of rotatable bonds is 7. The fourth-order valence-electron chi connectivity index (χ4n) is 2.41. The molecule has 0 bridgehead atoms. The van der Waals surface area contributed by atoms with Gasteiger partial charge in [-0.25, -0.2) is 0 Å². The standard InChI is InChI=1S/C19H23F2N3O2/c1-13-7-8-15(17(9-13)25-3)12-24-19(22-2)23-11-14-5-4-6-16(10-14)26-18(20)21/h4-10,18H,11-12H2,1-3H3,(H2,22,23,24). The van der Waals surface area contributed by atoms with Gasteiger partial charge in [0.1, 0.15) is 11.5 Å². The zero-order chi connectivity index (χ0) is 18.9. The van der Waals surface area contributed by atoms with Crippen LogP contribution >= 0.6 is 0 Å². The summed E-state index contributed by atoms with van der Waals surface area (Å²) in [6.45, 7) is 0.131. The minimum atomic E-state index is -2.84. The van der Waals surface area contributed by atoms with Crippen LogP contribution in [0.4, 0.5) is 8.78 Å². The Morgan fingerprint density at radius 3 is 2.58 bits per heavy atom. The Hall–Kier alpha value is -2.83. The van der Waals surface area contributed by atoms with E-state index in [4.69, 9.17) is 4.74 Å². The van der Waals surface area contributed by atoms with Crippen LogP contribution in [0.25, 0.3) is 0 Å². The number of ether oxygens (including phenoxy) is 2. The van der Waals surface area contributed by atoms with Gasteiger partial charge in [-0.05, 0) is 36.2 Å². The van der Waals surface area contributed by atoms with E-state index in [0.717, 1.165) is 22.4 Å². The average molecular weight is 363 g/mol. The van der Waals surface area contributed by atoms with Gasteiger partial charge < -0.3 is 20.1 Å². The Labute approximate surface area is 152 Å². The smallest absolute Gasteiger partial charge is 0.387 e. The predicted octanol–water partition coefficient (Wildman–Crippen LogP) is 3.47. The lowest BCUT2D eigenvalue weighted by Gasteiger charge is -2.14. The van der Waals surface area contributed by atoms with Crippen molar-refractivity contribution in [1.29, 1.82) is 0 Å². The van der Waals surface area contributed by atoms with Crippen LogP contribution in [-0.2, 0) is 13.1 Å². The maximum atomic E-state index is 12.3. The molecule has 5 nitrogen and oxygen atoms in total. The maximum absolute atomic E-state index is 12.3. The molecule has 0 fully saturated rings. The number of nitrogens with one attached hydrogen (secondary N) is 2. The lowest BCUT2D eigenvalue weighted by molar-refractivity contribution is -0.0498. The molecule has 26 heavy (non-hydrogen) atoms. The van der Waals surface area contributed by atoms with E-state index in [1.807, 2.05) is 31.2 Å².